The Bertz CT molecular complexity index is 1070. The van der Waals surface area contributed by atoms with Crippen LogP contribution in [-0.4, -0.2) is 11.0 Å². The van der Waals surface area contributed by atoms with Crippen molar-refractivity contribution >= 4 is 5.97 Å². The van der Waals surface area contributed by atoms with Gasteiger partial charge in [-0.25, -0.2) is 4.79 Å². The minimum absolute atomic E-state index is 0.346. The van der Waals surface area contributed by atoms with Crippen LogP contribution < -0.4 is 0 Å². The number of nitrogens with one attached hydrogen (secondary N) is 1. The summed E-state index contributed by atoms with van der Waals surface area (Å²) < 4.78 is 6.03. The molecular formula is C26H23NO2. The summed E-state index contributed by atoms with van der Waals surface area (Å²) in [6.07, 6.45) is 2.11. The summed E-state index contributed by atoms with van der Waals surface area (Å²) in [5, 5.41) is 0. The molecule has 0 bridgehead atoms. The molecule has 0 saturated carbocycles. The standard InChI is InChI=1S/C26H23NO2/c1-19-18-27-25(24(19)22-15-9-4-10-16-22)26(28)29-23(21-13-7-3-8-14-21)17-20-11-5-2-6-12-20/h2-16,18,23,27H,17H2,1H3. The van der Waals surface area contributed by atoms with Crippen LogP contribution in [0.2, 0.25) is 0 Å². The first kappa shape index (κ1) is 18.8. The Labute approximate surface area is 171 Å². The van der Waals surface area contributed by atoms with Crippen molar-refractivity contribution in [1.29, 1.82) is 0 Å². The van der Waals surface area contributed by atoms with E-state index in [4.69, 9.17) is 4.74 Å². The van der Waals surface area contributed by atoms with Gasteiger partial charge in [-0.3, -0.25) is 0 Å². The Kier molecular flexibility index (Phi) is 5.57. The average molecular weight is 381 g/mol. The van der Waals surface area contributed by atoms with Crippen molar-refractivity contribution in [1.82, 2.24) is 4.98 Å². The van der Waals surface area contributed by atoms with Crippen molar-refractivity contribution in [2.75, 3.05) is 0 Å². The monoisotopic (exact) mass is 381 g/mol. The molecule has 0 saturated heterocycles. The molecule has 29 heavy (non-hydrogen) atoms. The van der Waals surface area contributed by atoms with Gasteiger partial charge in [0, 0.05) is 18.2 Å². The molecule has 0 fully saturated rings. The molecule has 0 aliphatic carbocycles. The van der Waals surface area contributed by atoms with Gasteiger partial charge in [-0.1, -0.05) is 91.0 Å². The predicted molar refractivity (Wildman–Crippen MR) is 116 cm³/mol. The van der Waals surface area contributed by atoms with Gasteiger partial charge >= 0.3 is 5.97 Å². The maximum Gasteiger partial charge on any atom is 0.356 e. The fourth-order valence-corrected chi connectivity index (χ4v) is 3.57. The third-order valence-electron chi connectivity index (χ3n) is 5.03. The average Bonchev–Trinajstić information content (AvgIpc) is 3.17. The number of rotatable bonds is 6. The van der Waals surface area contributed by atoms with Gasteiger partial charge in [0.05, 0.1) is 0 Å². The van der Waals surface area contributed by atoms with Crippen molar-refractivity contribution in [2.45, 2.75) is 19.4 Å². The molecule has 0 radical (unpaired) electrons. The van der Waals surface area contributed by atoms with E-state index >= 15 is 0 Å². The number of benzene rings is 3. The summed E-state index contributed by atoms with van der Waals surface area (Å²) in [5.74, 6) is -0.346. The van der Waals surface area contributed by atoms with Crippen molar-refractivity contribution in [3.8, 4) is 11.1 Å². The highest BCUT2D eigenvalue weighted by atomic mass is 16.5. The number of esters is 1. The van der Waals surface area contributed by atoms with Gasteiger partial charge in [0.25, 0.3) is 0 Å². The van der Waals surface area contributed by atoms with E-state index in [0.29, 0.717) is 12.1 Å². The minimum atomic E-state index is -0.363. The van der Waals surface area contributed by atoms with E-state index in [0.717, 1.165) is 27.8 Å². The Morgan fingerprint density at radius 2 is 1.45 bits per heavy atom. The van der Waals surface area contributed by atoms with Crippen LogP contribution in [0.4, 0.5) is 0 Å². The lowest BCUT2D eigenvalue weighted by atomic mass is 10.0. The van der Waals surface area contributed by atoms with Gasteiger partial charge in [-0.15, -0.1) is 0 Å². The highest BCUT2D eigenvalue weighted by Gasteiger charge is 2.23. The first-order valence-electron chi connectivity index (χ1n) is 9.75. The number of ether oxygens (including phenoxy) is 1. The summed E-state index contributed by atoms with van der Waals surface area (Å²) in [6.45, 7) is 1.99. The van der Waals surface area contributed by atoms with Crippen LogP contribution >= 0.6 is 0 Å². The lowest BCUT2D eigenvalue weighted by Gasteiger charge is -2.19. The number of carbonyl (C=O) groups is 1. The van der Waals surface area contributed by atoms with Crippen molar-refractivity contribution in [2.24, 2.45) is 0 Å². The second kappa shape index (κ2) is 8.61. The van der Waals surface area contributed by atoms with Crippen LogP contribution in [0.3, 0.4) is 0 Å². The van der Waals surface area contributed by atoms with Crippen LogP contribution in [0.1, 0.15) is 33.3 Å². The fraction of sp³-hybridized carbons (Fsp3) is 0.115. The molecule has 0 amide bonds. The van der Waals surface area contributed by atoms with Gasteiger partial charge in [0.15, 0.2) is 0 Å². The molecule has 1 aromatic heterocycles. The van der Waals surface area contributed by atoms with Crippen LogP contribution in [-0.2, 0) is 11.2 Å². The second-order valence-corrected chi connectivity index (χ2v) is 7.08. The molecule has 1 heterocycles. The number of aryl methyl sites for hydroxylation is 1. The van der Waals surface area contributed by atoms with Crippen molar-refractivity contribution in [3.63, 3.8) is 0 Å². The zero-order chi connectivity index (χ0) is 20.1. The summed E-state index contributed by atoms with van der Waals surface area (Å²) in [5.41, 5.74) is 5.50. The molecule has 144 valence electrons. The van der Waals surface area contributed by atoms with E-state index in [2.05, 4.69) is 17.1 Å². The highest BCUT2D eigenvalue weighted by molar-refractivity contribution is 5.96. The number of H-pyrrole nitrogens is 1. The molecule has 3 aromatic carbocycles. The summed E-state index contributed by atoms with van der Waals surface area (Å²) >= 11 is 0. The van der Waals surface area contributed by atoms with Gasteiger partial charge < -0.3 is 9.72 Å². The van der Waals surface area contributed by atoms with E-state index in [1.165, 1.54) is 0 Å². The molecular weight excluding hydrogens is 358 g/mol. The third-order valence-corrected chi connectivity index (χ3v) is 5.03. The Morgan fingerprint density at radius 1 is 0.862 bits per heavy atom. The van der Waals surface area contributed by atoms with E-state index in [1.807, 2.05) is 92.0 Å². The van der Waals surface area contributed by atoms with Crippen LogP contribution in [0.5, 0.6) is 0 Å². The molecule has 3 heteroatoms. The Hall–Kier alpha value is -3.59. The van der Waals surface area contributed by atoms with E-state index in [-0.39, 0.29) is 12.1 Å². The maximum absolute atomic E-state index is 13.2. The molecule has 4 rings (SSSR count). The normalized spacial score (nSPS) is 11.8. The van der Waals surface area contributed by atoms with E-state index < -0.39 is 0 Å². The molecule has 0 aliphatic rings. The van der Waals surface area contributed by atoms with Crippen molar-refractivity contribution in [3.05, 3.63) is 120 Å². The number of hydrogen-bond acceptors (Lipinski definition) is 2. The molecule has 3 nitrogen and oxygen atoms in total. The molecule has 1 N–H and O–H groups in total. The number of aromatic nitrogens is 1. The number of aromatic amines is 1. The van der Waals surface area contributed by atoms with Crippen molar-refractivity contribution < 1.29 is 9.53 Å². The summed E-state index contributed by atoms with van der Waals surface area (Å²) in [6, 6.07) is 29.9. The number of hydrogen-bond donors (Lipinski definition) is 1. The smallest absolute Gasteiger partial charge is 0.356 e. The number of carbonyl (C=O) groups excluding carboxylic acids is 1. The molecule has 1 atom stereocenters. The van der Waals surface area contributed by atoms with Gasteiger partial charge in [-0.2, -0.15) is 0 Å². The lowest BCUT2D eigenvalue weighted by molar-refractivity contribution is 0.0292. The van der Waals surface area contributed by atoms with Gasteiger partial charge in [-0.05, 0) is 29.2 Å². The SMILES string of the molecule is Cc1c[nH]c(C(=O)OC(Cc2ccccc2)c2ccccc2)c1-c1ccccc1. The molecule has 0 spiro atoms. The summed E-state index contributed by atoms with van der Waals surface area (Å²) in [7, 11) is 0. The highest BCUT2D eigenvalue weighted by Crippen LogP contribution is 2.30. The second-order valence-electron chi connectivity index (χ2n) is 7.08. The maximum atomic E-state index is 13.2. The zero-order valence-electron chi connectivity index (χ0n) is 16.3. The van der Waals surface area contributed by atoms with Crippen LogP contribution in [0.25, 0.3) is 11.1 Å². The molecule has 1 unspecified atom stereocenters. The largest absolute Gasteiger partial charge is 0.452 e. The minimum Gasteiger partial charge on any atom is -0.452 e. The summed E-state index contributed by atoms with van der Waals surface area (Å²) in [4.78, 5) is 16.3. The third kappa shape index (κ3) is 4.30. The molecule has 0 aliphatic heterocycles. The van der Waals surface area contributed by atoms with Gasteiger partial charge in [0.2, 0.25) is 0 Å². The first-order valence-corrected chi connectivity index (χ1v) is 9.75. The van der Waals surface area contributed by atoms with E-state index in [1.54, 1.807) is 0 Å². The van der Waals surface area contributed by atoms with Gasteiger partial charge in [0.1, 0.15) is 11.8 Å². The Balaban J connectivity index is 1.64. The van der Waals surface area contributed by atoms with Crippen LogP contribution in [0.15, 0.2) is 97.2 Å². The fourth-order valence-electron chi connectivity index (χ4n) is 3.57. The topological polar surface area (TPSA) is 42.1 Å². The quantitative estimate of drug-likeness (QED) is 0.408. The van der Waals surface area contributed by atoms with E-state index in [9.17, 15) is 4.79 Å². The Morgan fingerprint density at radius 3 is 2.10 bits per heavy atom. The molecule has 4 aromatic rings. The first-order chi connectivity index (χ1) is 14.2. The predicted octanol–water partition coefficient (Wildman–Crippen LogP) is 6.13. The van der Waals surface area contributed by atoms with Crippen LogP contribution in [0, 0.1) is 6.92 Å². The lowest BCUT2D eigenvalue weighted by Crippen LogP contribution is -2.15. The zero-order valence-corrected chi connectivity index (χ0v) is 16.3.